The number of fused-ring (bicyclic) bond motifs is 1. The topological polar surface area (TPSA) is 94.4 Å². The van der Waals surface area contributed by atoms with Crippen molar-refractivity contribution in [3.8, 4) is 11.3 Å². The molecule has 0 spiro atoms. The molecule has 17 heavy (non-hydrogen) atoms. The van der Waals surface area contributed by atoms with Crippen LogP contribution in [-0.4, -0.2) is 26.5 Å². The molecule has 2 heterocycles. The normalized spacial score (nSPS) is 10.8. The maximum atomic E-state index is 11.1. The zero-order valence-electron chi connectivity index (χ0n) is 8.65. The van der Waals surface area contributed by atoms with Crippen molar-refractivity contribution in [3.63, 3.8) is 0 Å². The van der Waals surface area contributed by atoms with E-state index in [2.05, 4.69) is 20.2 Å². The molecule has 3 aromatic rings. The smallest absolute Gasteiger partial charge is 0.306 e. The Morgan fingerprint density at radius 1 is 1.18 bits per heavy atom. The first-order valence-electron chi connectivity index (χ1n) is 4.99. The molecule has 0 atom stereocenters. The Morgan fingerprint density at radius 3 is 2.82 bits per heavy atom. The van der Waals surface area contributed by atoms with E-state index in [0.29, 0.717) is 16.8 Å². The van der Waals surface area contributed by atoms with Gasteiger partial charge in [-0.3, -0.25) is 9.89 Å². The second-order valence-electron chi connectivity index (χ2n) is 3.66. The van der Waals surface area contributed by atoms with Crippen LogP contribution in [0.1, 0.15) is 10.4 Å². The van der Waals surface area contributed by atoms with Gasteiger partial charge in [0.2, 0.25) is 0 Å². The van der Waals surface area contributed by atoms with Crippen molar-refractivity contribution >= 4 is 17.3 Å². The van der Waals surface area contributed by atoms with Gasteiger partial charge in [0, 0.05) is 5.56 Å². The van der Waals surface area contributed by atoms with Crippen LogP contribution in [0.2, 0.25) is 0 Å². The lowest BCUT2D eigenvalue weighted by Gasteiger charge is -1.98. The van der Waals surface area contributed by atoms with Gasteiger partial charge < -0.3 is 9.97 Å². The highest BCUT2D eigenvalue weighted by Gasteiger charge is 2.08. The van der Waals surface area contributed by atoms with Gasteiger partial charge in [-0.05, 0) is 12.1 Å². The number of nitrogens with zero attached hydrogens (tertiary/aromatic N) is 1. The predicted molar refractivity (Wildman–Crippen MR) is 61.9 cm³/mol. The van der Waals surface area contributed by atoms with Crippen LogP contribution in [0.4, 0.5) is 0 Å². The third kappa shape index (κ3) is 1.46. The SMILES string of the molecule is O=Cc1cn[nH]c1-c1ccc2[nH]c(=O)[nH]c2c1. The number of hydrogen-bond donors (Lipinski definition) is 3. The molecule has 1 aromatic carbocycles. The number of hydrogen-bond acceptors (Lipinski definition) is 3. The third-order valence-electron chi connectivity index (χ3n) is 2.60. The molecule has 0 fully saturated rings. The van der Waals surface area contributed by atoms with Gasteiger partial charge in [0.25, 0.3) is 0 Å². The summed E-state index contributed by atoms with van der Waals surface area (Å²) in [6.07, 6.45) is 2.20. The molecular formula is C11H8N4O2. The van der Waals surface area contributed by atoms with Gasteiger partial charge in [-0.1, -0.05) is 6.07 Å². The largest absolute Gasteiger partial charge is 0.323 e. The van der Waals surface area contributed by atoms with Crippen LogP contribution in [0, 0.1) is 0 Å². The highest BCUT2D eigenvalue weighted by molar-refractivity contribution is 5.88. The Balaban J connectivity index is 2.24. The average Bonchev–Trinajstić information content (AvgIpc) is 2.91. The molecular weight excluding hydrogens is 220 g/mol. The number of carbonyl (C=O) groups is 1. The van der Waals surface area contributed by atoms with Gasteiger partial charge in [0.15, 0.2) is 6.29 Å². The molecule has 3 rings (SSSR count). The Bertz CT molecular complexity index is 750. The van der Waals surface area contributed by atoms with Crippen LogP contribution in [0.3, 0.4) is 0 Å². The Labute approximate surface area is 94.7 Å². The third-order valence-corrected chi connectivity index (χ3v) is 2.60. The van der Waals surface area contributed by atoms with E-state index < -0.39 is 0 Å². The molecule has 0 saturated heterocycles. The van der Waals surface area contributed by atoms with Crippen molar-refractivity contribution in [2.45, 2.75) is 0 Å². The minimum absolute atomic E-state index is 0.252. The number of imidazole rings is 1. The number of carbonyl (C=O) groups excluding carboxylic acids is 1. The number of nitrogens with one attached hydrogen (secondary N) is 3. The first-order chi connectivity index (χ1) is 8.28. The Morgan fingerprint density at radius 2 is 2.00 bits per heavy atom. The van der Waals surface area contributed by atoms with E-state index in [0.717, 1.165) is 17.4 Å². The molecule has 0 unspecified atom stereocenters. The van der Waals surface area contributed by atoms with Crippen molar-refractivity contribution in [2.24, 2.45) is 0 Å². The lowest BCUT2D eigenvalue weighted by molar-refractivity contribution is 0.112. The highest BCUT2D eigenvalue weighted by Crippen LogP contribution is 2.22. The summed E-state index contributed by atoms with van der Waals surface area (Å²) in [5, 5.41) is 6.58. The van der Waals surface area contributed by atoms with E-state index in [9.17, 15) is 9.59 Å². The summed E-state index contributed by atoms with van der Waals surface area (Å²) < 4.78 is 0. The monoisotopic (exact) mass is 228 g/mol. The van der Waals surface area contributed by atoms with Gasteiger partial charge in [0.05, 0.1) is 28.5 Å². The van der Waals surface area contributed by atoms with E-state index >= 15 is 0 Å². The van der Waals surface area contributed by atoms with Crippen molar-refractivity contribution in [3.05, 3.63) is 40.4 Å². The van der Waals surface area contributed by atoms with E-state index in [4.69, 9.17) is 0 Å². The van der Waals surface area contributed by atoms with Gasteiger partial charge >= 0.3 is 5.69 Å². The van der Waals surface area contributed by atoms with Crippen molar-refractivity contribution < 1.29 is 4.79 Å². The van der Waals surface area contributed by atoms with Crippen molar-refractivity contribution in [1.82, 2.24) is 20.2 Å². The minimum atomic E-state index is -0.252. The second-order valence-corrected chi connectivity index (χ2v) is 3.66. The van der Waals surface area contributed by atoms with Crippen LogP contribution >= 0.6 is 0 Å². The number of aromatic nitrogens is 4. The fourth-order valence-corrected chi connectivity index (χ4v) is 1.80. The fourth-order valence-electron chi connectivity index (χ4n) is 1.80. The molecule has 0 radical (unpaired) electrons. The number of benzene rings is 1. The van der Waals surface area contributed by atoms with Gasteiger partial charge in [-0.15, -0.1) is 0 Å². The molecule has 0 aliphatic carbocycles. The second kappa shape index (κ2) is 3.44. The van der Waals surface area contributed by atoms with E-state index in [1.54, 1.807) is 12.1 Å². The van der Waals surface area contributed by atoms with E-state index in [1.165, 1.54) is 6.20 Å². The summed E-state index contributed by atoms with van der Waals surface area (Å²) in [5.41, 5.74) is 3.10. The molecule has 6 nitrogen and oxygen atoms in total. The summed E-state index contributed by atoms with van der Waals surface area (Å²) in [4.78, 5) is 27.2. The molecule has 2 aromatic heterocycles. The predicted octanol–water partition coefficient (Wildman–Crippen LogP) is 1.06. The molecule has 0 aliphatic heterocycles. The Hall–Kier alpha value is -2.63. The maximum Gasteiger partial charge on any atom is 0.323 e. The van der Waals surface area contributed by atoms with Crippen molar-refractivity contribution in [1.29, 1.82) is 0 Å². The zero-order chi connectivity index (χ0) is 11.8. The van der Waals surface area contributed by atoms with Crippen LogP contribution in [0.15, 0.2) is 29.2 Å². The summed E-state index contributed by atoms with van der Waals surface area (Å²) in [5.74, 6) is 0. The van der Waals surface area contributed by atoms with Gasteiger partial charge in [-0.25, -0.2) is 4.79 Å². The summed E-state index contributed by atoms with van der Waals surface area (Å²) in [6.45, 7) is 0. The number of aromatic amines is 3. The number of rotatable bonds is 2. The average molecular weight is 228 g/mol. The fraction of sp³-hybridized carbons (Fsp3) is 0. The first-order valence-corrected chi connectivity index (χ1v) is 4.99. The standard InChI is InChI=1S/C11H8N4O2/c16-5-7-4-12-15-10(7)6-1-2-8-9(3-6)14-11(17)13-8/h1-5H,(H,12,15)(H2,13,14,17). The van der Waals surface area contributed by atoms with Crippen LogP contribution < -0.4 is 5.69 Å². The highest BCUT2D eigenvalue weighted by atomic mass is 16.1. The quantitative estimate of drug-likeness (QED) is 0.572. The molecule has 84 valence electrons. The molecule has 0 amide bonds. The summed E-state index contributed by atoms with van der Waals surface area (Å²) in [6, 6.07) is 5.37. The van der Waals surface area contributed by atoms with Crippen molar-refractivity contribution in [2.75, 3.05) is 0 Å². The lowest BCUT2D eigenvalue weighted by atomic mass is 10.1. The van der Waals surface area contributed by atoms with Gasteiger partial charge in [0.1, 0.15) is 0 Å². The minimum Gasteiger partial charge on any atom is -0.306 e. The number of H-pyrrole nitrogens is 3. The van der Waals surface area contributed by atoms with Gasteiger partial charge in [-0.2, -0.15) is 5.10 Å². The van der Waals surface area contributed by atoms with Crippen LogP contribution in [0.5, 0.6) is 0 Å². The summed E-state index contributed by atoms with van der Waals surface area (Å²) >= 11 is 0. The number of aldehydes is 1. The molecule has 0 saturated carbocycles. The molecule has 6 heteroatoms. The molecule has 0 aliphatic rings. The van der Waals surface area contributed by atoms with E-state index in [1.807, 2.05) is 6.07 Å². The molecule has 3 N–H and O–H groups in total. The summed E-state index contributed by atoms with van der Waals surface area (Å²) in [7, 11) is 0. The lowest BCUT2D eigenvalue weighted by Crippen LogP contribution is -1.99. The molecule has 0 bridgehead atoms. The van der Waals surface area contributed by atoms with E-state index in [-0.39, 0.29) is 5.69 Å². The maximum absolute atomic E-state index is 11.1. The Kier molecular flexibility index (Phi) is 1.94. The zero-order valence-corrected chi connectivity index (χ0v) is 8.65. The van der Waals surface area contributed by atoms with Crippen LogP contribution in [-0.2, 0) is 0 Å². The van der Waals surface area contributed by atoms with Crippen LogP contribution in [0.25, 0.3) is 22.3 Å². The first kappa shape index (κ1) is 9.59.